The molecule has 0 saturated heterocycles. The van der Waals surface area contributed by atoms with E-state index >= 15 is 0 Å². The van der Waals surface area contributed by atoms with E-state index in [1.807, 2.05) is 31.2 Å². The van der Waals surface area contributed by atoms with Gasteiger partial charge in [0, 0.05) is 25.2 Å². The number of carbonyl (C=O) groups is 1. The van der Waals surface area contributed by atoms with Crippen LogP contribution in [0.1, 0.15) is 12.0 Å². The lowest BCUT2D eigenvalue weighted by atomic mass is 10.2. The zero-order chi connectivity index (χ0) is 11.8. The topological polar surface area (TPSA) is 41.1 Å². The van der Waals surface area contributed by atoms with Gasteiger partial charge < -0.3 is 10.6 Å². The summed E-state index contributed by atoms with van der Waals surface area (Å²) >= 11 is 0. The van der Waals surface area contributed by atoms with Crippen LogP contribution in [-0.2, 0) is 4.79 Å². The molecule has 0 aromatic heterocycles. The highest BCUT2D eigenvalue weighted by atomic mass is 16.1. The number of anilines is 1. The van der Waals surface area contributed by atoms with Gasteiger partial charge in [-0.2, -0.15) is 0 Å². The van der Waals surface area contributed by atoms with Crippen molar-refractivity contribution in [3.63, 3.8) is 0 Å². The first-order chi connectivity index (χ1) is 7.74. The second-order valence-corrected chi connectivity index (χ2v) is 3.58. The molecule has 3 nitrogen and oxygen atoms in total. The van der Waals surface area contributed by atoms with Crippen molar-refractivity contribution >= 4 is 11.6 Å². The predicted molar refractivity (Wildman–Crippen MR) is 67.5 cm³/mol. The van der Waals surface area contributed by atoms with Crippen molar-refractivity contribution in [2.45, 2.75) is 13.3 Å². The number of nitrogens with one attached hydrogen (secondary N) is 2. The number of carbonyl (C=O) groups excluding carboxylic acids is 1. The van der Waals surface area contributed by atoms with Crippen molar-refractivity contribution in [1.29, 1.82) is 0 Å². The van der Waals surface area contributed by atoms with Gasteiger partial charge in [0.05, 0.1) is 0 Å². The molecule has 0 atom stereocenters. The van der Waals surface area contributed by atoms with E-state index in [2.05, 4.69) is 17.2 Å². The zero-order valence-electron chi connectivity index (χ0n) is 9.62. The van der Waals surface area contributed by atoms with Crippen molar-refractivity contribution in [1.82, 2.24) is 5.32 Å². The maximum atomic E-state index is 11.3. The van der Waals surface area contributed by atoms with Crippen LogP contribution in [0, 0.1) is 6.92 Å². The minimum absolute atomic E-state index is 0.0426. The van der Waals surface area contributed by atoms with Crippen LogP contribution in [0.5, 0.6) is 0 Å². The van der Waals surface area contributed by atoms with E-state index in [4.69, 9.17) is 0 Å². The summed E-state index contributed by atoms with van der Waals surface area (Å²) in [7, 11) is 0. The zero-order valence-corrected chi connectivity index (χ0v) is 9.62. The van der Waals surface area contributed by atoms with Gasteiger partial charge in [0.25, 0.3) is 0 Å². The van der Waals surface area contributed by atoms with Gasteiger partial charge in [-0.3, -0.25) is 4.79 Å². The molecule has 16 heavy (non-hydrogen) atoms. The average Bonchev–Trinajstić information content (AvgIpc) is 2.29. The van der Waals surface area contributed by atoms with Gasteiger partial charge in [0.2, 0.25) is 5.91 Å². The van der Waals surface area contributed by atoms with Crippen LogP contribution >= 0.6 is 0 Å². The molecule has 1 rings (SSSR count). The maximum absolute atomic E-state index is 11.3. The third-order valence-electron chi connectivity index (χ3n) is 2.26. The summed E-state index contributed by atoms with van der Waals surface area (Å²) in [4.78, 5) is 11.3. The Kier molecular flexibility index (Phi) is 5.12. The smallest absolute Gasteiger partial charge is 0.222 e. The minimum atomic E-state index is 0.0426. The molecule has 0 bridgehead atoms. The number of para-hydroxylation sites is 1. The van der Waals surface area contributed by atoms with Gasteiger partial charge >= 0.3 is 0 Å². The second-order valence-electron chi connectivity index (χ2n) is 3.58. The van der Waals surface area contributed by atoms with Crippen LogP contribution in [0.3, 0.4) is 0 Å². The first kappa shape index (κ1) is 12.3. The Hall–Kier alpha value is -1.77. The molecular weight excluding hydrogens is 200 g/mol. The third kappa shape index (κ3) is 4.17. The van der Waals surface area contributed by atoms with Gasteiger partial charge in [-0.05, 0) is 18.6 Å². The van der Waals surface area contributed by atoms with Crippen LogP contribution in [0.15, 0.2) is 36.9 Å². The molecule has 0 aliphatic heterocycles. The molecule has 0 aliphatic rings. The second kappa shape index (κ2) is 6.67. The molecule has 0 spiro atoms. The van der Waals surface area contributed by atoms with E-state index in [0.717, 1.165) is 5.69 Å². The average molecular weight is 218 g/mol. The van der Waals surface area contributed by atoms with E-state index in [-0.39, 0.29) is 5.91 Å². The molecule has 0 unspecified atom stereocenters. The van der Waals surface area contributed by atoms with Crippen LogP contribution in [0.4, 0.5) is 5.69 Å². The summed E-state index contributed by atoms with van der Waals surface area (Å²) in [5, 5.41) is 5.97. The fourth-order valence-corrected chi connectivity index (χ4v) is 1.36. The third-order valence-corrected chi connectivity index (χ3v) is 2.26. The van der Waals surface area contributed by atoms with Crippen molar-refractivity contribution < 1.29 is 4.79 Å². The number of rotatable bonds is 6. The molecule has 1 aromatic rings. The quantitative estimate of drug-likeness (QED) is 0.718. The predicted octanol–water partition coefficient (Wildman–Crippen LogP) is 2.10. The highest BCUT2D eigenvalue weighted by molar-refractivity contribution is 5.76. The molecule has 0 saturated carbocycles. The minimum Gasteiger partial charge on any atom is -0.384 e. The van der Waals surface area contributed by atoms with E-state index < -0.39 is 0 Å². The van der Waals surface area contributed by atoms with Gasteiger partial charge in [-0.25, -0.2) is 0 Å². The molecular formula is C13H18N2O. The molecule has 1 aromatic carbocycles. The molecule has 2 N–H and O–H groups in total. The van der Waals surface area contributed by atoms with Gasteiger partial charge in [-0.1, -0.05) is 24.3 Å². The Morgan fingerprint density at radius 3 is 2.88 bits per heavy atom. The Morgan fingerprint density at radius 1 is 1.44 bits per heavy atom. The fraction of sp³-hybridized carbons (Fsp3) is 0.308. The summed E-state index contributed by atoms with van der Waals surface area (Å²) in [5.41, 5.74) is 2.27. The van der Waals surface area contributed by atoms with Crippen molar-refractivity contribution in [3.8, 4) is 0 Å². The van der Waals surface area contributed by atoms with Crippen LogP contribution in [0.2, 0.25) is 0 Å². The summed E-state index contributed by atoms with van der Waals surface area (Å²) in [6.07, 6.45) is 2.15. The van der Waals surface area contributed by atoms with E-state index in [1.165, 1.54) is 5.56 Å². The van der Waals surface area contributed by atoms with Gasteiger partial charge in [0.1, 0.15) is 0 Å². The van der Waals surface area contributed by atoms with Crippen LogP contribution in [0.25, 0.3) is 0 Å². The molecule has 3 heteroatoms. The fourth-order valence-electron chi connectivity index (χ4n) is 1.36. The first-order valence-electron chi connectivity index (χ1n) is 5.41. The first-order valence-corrected chi connectivity index (χ1v) is 5.41. The van der Waals surface area contributed by atoms with Crippen molar-refractivity contribution in [2.75, 3.05) is 18.4 Å². The number of aryl methyl sites for hydroxylation is 1. The largest absolute Gasteiger partial charge is 0.384 e. The van der Waals surface area contributed by atoms with Crippen molar-refractivity contribution in [3.05, 3.63) is 42.5 Å². The maximum Gasteiger partial charge on any atom is 0.222 e. The Morgan fingerprint density at radius 2 is 2.19 bits per heavy atom. The van der Waals surface area contributed by atoms with Gasteiger partial charge in [-0.15, -0.1) is 6.58 Å². The molecule has 0 fully saturated rings. The number of amides is 1. The highest BCUT2D eigenvalue weighted by Gasteiger charge is 2.00. The van der Waals surface area contributed by atoms with Crippen LogP contribution < -0.4 is 10.6 Å². The highest BCUT2D eigenvalue weighted by Crippen LogP contribution is 2.12. The molecule has 86 valence electrons. The van der Waals surface area contributed by atoms with E-state index in [0.29, 0.717) is 19.5 Å². The van der Waals surface area contributed by atoms with Gasteiger partial charge in [0.15, 0.2) is 0 Å². The molecule has 0 radical (unpaired) electrons. The molecule has 0 heterocycles. The summed E-state index contributed by atoms with van der Waals surface area (Å²) < 4.78 is 0. The summed E-state index contributed by atoms with van der Waals surface area (Å²) in [5.74, 6) is 0.0426. The lowest BCUT2D eigenvalue weighted by Gasteiger charge is -2.08. The number of hydrogen-bond donors (Lipinski definition) is 2. The normalized spacial score (nSPS) is 9.56. The lowest BCUT2D eigenvalue weighted by molar-refractivity contribution is -0.120. The Balaban J connectivity index is 2.28. The van der Waals surface area contributed by atoms with Crippen LogP contribution in [-0.4, -0.2) is 19.0 Å². The van der Waals surface area contributed by atoms with Crippen molar-refractivity contribution in [2.24, 2.45) is 0 Å². The lowest BCUT2D eigenvalue weighted by Crippen LogP contribution is -2.25. The number of benzene rings is 1. The molecule has 1 amide bonds. The number of hydrogen-bond acceptors (Lipinski definition) is 2. The summed E-state index contributed by atoms with van der Waals surface area (Å²) in [6, 6.07) is 8.03. The SMILES string of the molecule is C=CCNC(=O)CCNc1ccccc1C. The summed E-state index contributed by atoms with van der Waals surface area (Å²) in [6.45, 7) is 6.76. The van der Waals surface area contributed by atoms with E-state index in [1.54, 1.807) is 6.08 Å². The van der Waals surface area contributed by atoms with E-state index in [9.17, 15) is 4.79 Å². The standard InChI is InChI=1S/C13H18N2O/c1-3-9-15-13(16)8-10-14-12-7-5-4-6-11(12)2/h3-7,14H,1,8-10H2,2H3,(H,15,16). The Bertz CT molecular complexity index is 361. The molecule has 0 aliphatic carbocycles. The Labute approximate surface area is 96.6 Å². The monoisotopic (exact) mass is 218 g/mol.